The molecule has 7 heteroatoms. The molecule has 0 aliphatic carbocycles. The van der Waals surface area contributed by atoms with Crippen LogP contribution in [0, 0.1) is 17.6 Å². The minimum atomic E-state index is -0.812. The van der Waals surface area contributed by atoms with Crippen LogP contribution in [0.15, 0.2) is 42.5 Å². The number of carboxylic acids is 1. The van der Waals surface area contributed by atoms with E-state index in [1.54, 1.807) is 29.2 Å². The van der Waals surface area contributed by atoms with Crippen LogP contribution in [-0.2, 0) is 4.79 Å². The Hall–Kier alpha value is -2.96. The van der Waals surface area contributed by atoms with Crippen LogP contribution in [0.1, 0.15) is 29.6 Å². The molecular formula is C20H19F2NO4. The molecule has 0 unspecified atom stereocenters. The zero-order valence-corrected chi connectivity index (χ0v) is 14.5. The molecule has 5 nitrogen and oxygen atoms in total. The largest absolute Gasteiger partial charge is 0.481 e. The second-order valence-corrected chi connectivity index (χ2v) is 6.53. The Labute approximate surface area is 155 Å². The molecule has 2 aromatic carbocycles. The summed E-state index contributed by atoms with van der Waals surface area (Å²) in [5, 5.41) is 8.85. The van der Waals surface area contributed by atoms with Crippen LogP contribution in [-0.4, -0.2) is 35.0 Å². The number of benzene rings is 2. The number of ether oxygens (including phenoxy) is 1. The van der Waals surface area contributed by atoms with Gasteiger partial charge in [-0.3, -0.25) is 9.59 Å². The van der Waals surface area contributed by atoms with Crippen LogP contribution in [0.5, 0.6) is 11.5 Å². The van der Waals surface area contributed by atoms with E-state index < -0.39 is 17.6 Å². The molecule has 0 radical (unpaired) electrons. The number of amides is 1. The van der Waals surface area contributed by atoms with E-state index in [-0.39, 0.29) is 24.0 Å². The number of aliphatic carboxylic acids is 1. The third-order valence-electron chi connectivity index (χ3n) is 4.59. The molecule has 142 valence electrons. The van der Waals surface area contributed by atoms with E-state index in [1.807, 2.05) is 0 Å². The van der Waals surface area contributed by atoms with Gasteiger partial charge in [-0.25, -0.2) is 8.78 Å². The van der Waals surface area contributed by atoms with Gasteiger partial charge in [-0.2, -0.15) is 0 Å². The fourth-order valence-electron chi connectivity index (χ4n) is 3.12. The summed E-state index contributed by atoms with van der Waals surface area (Å²) in [5.74, 6) is -2.11. The molecule has 0 spiro atoms. The van der Waals surface area contributed by atoms with Crippen molar-refractivity contribution in [3.8, 4) is 11.5 Å². The second kappa shape index (κ2) is 8.16. The fraction of sp³-hybridized carbons (Fsp3) is 0.300. The first-order chi connectivity index (χ1) is 12.9. The van der Waals surface area contributed by atoms with Gasteiger partial charge in [0, 0.05) is 31.1 Å². The molecule has 1 aliphatic heterocycles. The molecule has 3 rings (SSSR count). The minimum absolute atomic E-state index is 0.101. The van der Waals surface area contributed by atoms with E-state index in [1.165, 1.54) is 6.07 Å². The lowest BCUT2D eigenvalue weighted by atomic mass is 9.93. The Bertz CT molecular complexity index is 830. The maximum absolute atomic E-state index is 13.6. The van der Waals surface area contributed by atoms with Gasteiger partial charge in [0.05, 0.1) is 0 Å². The van der Waals surface area contributed by atoms with Crippen LogP contribution < -0.4 is 4.74 Å². The summed E-state index contributed by atoms with van der Waals surface area (Å²) in [7, 11) is 0. The zero-order chi connectivity index (χ0) is 19.4. The van der Waals surface area contributed by atoms with Crippen molar-refractivity contribution in [2.24, 2.45) is 5.92 Å². The Morgan fingerprint density at radius 3 is 2.33 bits per heavy atom. The molecule has 27 heavy (non-hydrogen) atoms. The highest BCUT2D eigenvalue weighted by Crippen LogP contribution is 2.26. The smallest absolute Gasteiger partial charge is 0.303 e. The Kier molecular flexibility index (Phi) is 5.69. The number of hydrogen-bond acceptors (Lipinski definition) is 3. The lowest BCUT2D eigenvalue weighted by Gasteiger charge is -2.31. The summed E-state index contributed by atoms with van der Waals surface area (Å²) >= 11 is 0. The standard InChI is InChI=1S/C20H19F2NO4/c21-15-3-6-18(17(22)12-15)27-16-4-1-14(2-5-16)20(26)23-9-7-13(8-10-23)11-19(24)25/h1-6,12-13H,7-11H2,(H,24,25). The maximum atomic E-state index is 13.6. The van der Waals surface area contributed by atoms with Gasteiger partial charge in [0.1, 0.15) is 11.6 Å². The van der Waals surface area contributed by atoms with Crippen LogP contribution in [0.3, 0.4) is 0 Å². The summed E-state index contributed by atoms with van der Waals surface area (Å²) in [5.41, 5.74) is 0.471. The molecule has 0 saturated carbocycles. The van der Waals surface area contributed by atoms with E-state index >= 15 is 0 Å². The molecule has 1 heterocycles. The van der Waals surface area contributed by atoms with E-state index in [2.05, 4.69) is 0 Å². The van der Waals surface area contributed by atoms with Crippen molar-refractivity contribution in [1.82, 2.24) is 4.90 Å². The number of carbonyl (C=O) groups excluding carboxylic acids is 1. The summed E-state index contributed by atoms with van der Waals surface area (Å²) in [6.07, 6.45) is 1.47. The average Bonchev–Trinajstić information content (AvgIpc) is 2.64. The molecule has 1 amide bonds. The highest BCUT2D eigenvalue weighted by atomic mass is 19.1. The predicted molar refractivity (Wildman–Crippen MR) is 93.8 cm³/mol. The summed E-state index contributed by atoms with van der Waals surface area (Å²) < 4.78 is 31.9. The first-order valence-corrected chi connectivity index (χ1v) is 8.66. The van der Waals surface area contributed by atoms with Gasteiger partial charge < -0.3 is 14.7 Å². The number of nitrogens with zero attached hydrogens (tertiary/aromatic N) is 1. The molecule has 1 aliphatic rings. The van der Waals surface area contributed by atoms with Gasteiger partial charge >= 0.3 is 5.97 Å². The van der Waals surface area contributed by atoms with Crippen LogP contribution in [0.4, 0.5) is 8.78 Å². The van der Waals surface area contributed by atoms with Crippen molar-refractivity contribution in [3.63, 3.8) is 0 Å². The van der Waals surface area contributed by atoms with Crippen molar-refractivity contribution < 1.29 is 28.2 Å². The quantitative estimate of drug-likeness (QED) is 0.855. The maximum Gasteiger partial charge on any atom is 0.303 e. The van der Waals surface area contributed by atoms with Crippen LogP contribution >= 0.6 is 0 Å². The number of carbonyl (C=O) groups is 2. The van der Waals surface area contributed by atoms with Gasteiger partial charge in [-0.15, -0.1) is 0 Å². The summed E-state index contributed by atoms with van der Waals surface area (Å²) in [4.78, 5) is 25.0. The first-order valence-electron chi connectivity index (χ1n) is 8.66. The Balaban J connectivity index is 1.60. The van der Waals surface area contributed by atoms with E-state index in [0.29, 0.717) is 37.2 Å². The number of rotatable bonds is 5. The van der Waals surface area contributed by atoms with E-state index in [9.17, 15) is 18.4 Å². The van der Waals surface area contributed by atoms with Crippen molar-refractivity contribution in [3.05, 3.63) is 59.7 Å². The number of carboxylic acid groups (broad SMARTS) is 1. The number of likely N-dealkylation sites (tertiary alicyclic amines) is 1. The van der Waals surface area contributed by atoms with Crippen molar-refractivity contribution in [2.45, 2.75) is 19.3 Å². The van der Waals surface area contributed by atoms with Crippen LogP contribution in [0.2, 0.25) is 0 Å². The normalized spacial score (nSPS) is 14.8. The molecular weight excluding hydrogens is 356 g/mol. The summed E-state index contributed by atoms with van der Waals surface area (Å²) in [6, 6.07) is 9.31. The van der Waals surface area contributed by atoms with Gasteiger partial charge in [0.2, 0.25) is 0 Å². The monoisotopic (exact) mass is 375 g/mol. The Morgan fingerprint density at radius 1 is 1.07 bits per heavy atom. The SMILES string of the molecule is O=C(O)CC1CCN(C(=O)c2ccc(Oc3ccc(F)cc3F)cc2)CC1. The lowest BCUT2D eigenvalue weighted by molar-refractivity contribution is -0.138. The van der Waals surface area contributed by atoms with Crippen LogP contribution in [0.25, 0.3) is 0 Å². The van der Waals surface area contributed by atoms with Gasteiger partial charge in [0.25, 0.3) is 5.91 Å². The molecule has 0 bridgehead atoms. The van der Waals surface area contributed by atoms with E-state index in [0.717, 1.165) is 12.1 Å². The van der Waals surface area contributed by atoms with E-state index in [4.69, 9.17) is 9.84 Å². The third kappa shape index (κ3) is 4.81. The number of hydrogen-bond donors (Lipinski definition) is 1. The van der Waals surface area contributed by atoms with Gasteiger partial charge in [-0.1, -0.05) is 0 Å². The summed E-state index contributed by atoms with van der Waals surface area (Å²) in [6.45, 7) is 1.05. The predicted octanol–water partition coefficient (Wildman–Crippen LogP) is 4.08. The van der Waals surface area contributed by atoms with Gasteiger partial charge in [-0.05, 0) is 55.2 Å². The first kappa shape index (κ1) is 18.8. The lowest BCUT2D eigenvalue weighted by Crippen LogP contribution is -2.38. The molecule has 1 saturated heterocycles. The third-order valence-corrected chi connectivity index (χ3v) is 4.59. The number of piperidine rings is 1. The topological polar surface area (TPSA) is 66.8 Å². The highest BCUT2D eigenvalue weighted by Gasteiger charge is 2.25. The Morgan fingerprint density at radius 2 is 1.74 bits per heavy atom. The molecule has 1 N–H and O–H groups in total. The zero-order valence-electron chi connectivity index (χ0n) is 14.5. The van der Waals surface area contributed by atoms with Gasteiger partial charge in [0.15, 0.2) is 11.6 Å². The fourth-order valence-corrected chi connectivity index (χ4v) is 3.12. The number of halogens is 2. The molecule has 0 atom stereocenters. The minimum Gasteiger partial charge on any atom is -0.481 e. The van der Waals surface area contributed by atoms with Crippen molar-refractivity contribution >= 4 is 11.9 Å². The average molecular weight is 375 g/mol. The molecule has 2 aromatic rings. The molecule has 1 fully saturated rings. The molecule has 0 aromatic heterocycles. The van der Waals surface area contributed by atoms with Crippen molar-refractivity contribution in [1.29, 1.82) is 0 Å². The van der Waals surface area contributed by atoms with Crippen molar-refractivity contribution in [2.75, 3.05) is 13.1 Å². The second-order valence-electron chi connectivity index (χ2n) is 6.53. The highest BCUT2D eigenvalue weighted by molar-refractivity contribution is 5.94.